The van der Waals surface area contributed by atoms with E-state index < -0.39 is 0 Å². The van der Waals surface area contributed by atoms with Gasteiger partial charge in [-0.2, -0.15) is 0 Å². The largest absolute Gasteiger partial charge is 0.384 e. The maximum atomic E-state index is 13.2. The summed E-state index contributed by atoms with van der Waals surface area (Å²) in [7, 11) is 0. The van der Waals surface area contributed by atoms with Gasteiger partial charge in [-0.25, -0.2) is 0 Å². The molecule has 3 aromatic rings. The molecule has 0 saturated carbocycles. The summed E-state index contributed by atoms with van der Waals surface area (Å²) in [5.41, 5.74) is 14.5. The van der Waals surface area contributed by atoms with E-state index in [-0.39, 0.29) is 24.2 Å². The SMILES string of the molecule is N=C(N)c1cccc(C(=O)N(CC(=O)NCc2ccc(CN)cc2)c2ccccc2)c1. The molecule has 0 aliphatic carbocycles. The van der Waals surface area contributed by atoms with Crippen LogP contribution >= 0.6 is 0 Å². The number of nitrogen functional groups attached to an aromatic ring is 1. The minimum absolute atomic E-state index is 0.126. The molecule has 0 radical (unpaired) electrons. The van der Waals surface area contributed by atoms with Gasteiger partial charge in [-0.1, -0.05) is 54.6 Å². The van der Waals surface area contributed by atoms with Crippen molar-refractivity contribution >= 4 is 23.3 Å². The topological polar surface area (TPSA) is 125 Å². The molecule has 0 aliphatic heterocycles. The maximum absolute atomic E-state index is 13.2. The van der Waals surface area contributed by atoms with Crippen LogP contribution in [0, 0.1) is 5.41 Å². The zero-order valence-corrected chi connectivity index (χ0v) is 17.0. The molecular weight excluding hydrogens is 390 g/mol. The number of nitrogens with two attached hydrogens (primary N) is 2. The van der Waals surface area contributed by atoms with Crippen molar-refractivity contribution in [3.8, 4) is 0 Å². The predicted octanol–water partition coefficient (Wildman–Crippen LogP) is 2.39. The smallest absolute Gasteiger partial charge is 0.258 e. The molecule has 158 valence electrons. The van der Waals surface area contributed by atoms with Crippen molar-refractivity contribution in [1.29, 1.82) is 5.41 Å². The molecule has 0 unspecified atom stereocenters. The van der Waals surface area contributed by atoms with Crippen LogP contribution in [0.15, 0.2) is 78.9 Å². The van der Waals surface area contributed by atoms with E-state index in [9.17, 15) is 9.59 Å². The Morgan fingerprint density at radius 1 is 0.871 bits per heavy atom. The van der Waals surface area contributed by atoms with E-state index in [0.29, 0.717) is 29.9 Å². The minimum atomic E-state index is -0.350. The van der Waals surface area contributed by atoms with Crippen molar-refractivity contribution in [2.24, 2.45) is 11.5 Å². The fourth-order valence-electron chi connectivity index (χ4n) is 3.06. The van der Waals surface area contributed by atoms with Gasteiger partial charge >= 0.3 is 0 Å². The van der Waals surface area contributed by atoms with Crippen molar-refractivity contribution in [1.82, 2.24) is 5.32 Å². The van der Waals surface area contributed by atoms with Gasteiger partial charge in [0.15, 0.2) is 0 Å². The molecule has 7 nitrogen and oxygen atoms in total. The summed E-state index contributed by atoms with van der Waals surface area (Å²) in [5.74, 6) is -0.765. The Morgan fingerprint density at radius 2 is 1.52 bits per heavy atom. The van der Waals surface area contributed by atoms with Gasteiger partial charge in [-0.05, 0) is 35.4 Å². The Hall–Kier alpha value is -3.97. The molecule has 7 heteroatoms. The molecule has 2 amide bonds. The first-order chi connectivity index (χ1) is 15.0. The quantitative estimate of drug-likeness (QED) is 0.333. The zero-order valence-electron chi connectivity index (χ0n) is 17.0. The van der Waals surface area contributed by atoms with Crippen molar-refractivity contribution in [2.45, 2.75) is 13.1 Å². The molecule has 3 aromatic carbocycles. The molecule has 3 rings (SSSR count). The number of hydrogen-bond acceptors (Lipinski definition) is 4. The summed E-state index contributed by atoms with van der Waals surface area (Å²) in [5, 5.41) is 10.5. The number of anilines is 1. The van der Waals surface area contributed by atoms with Crippen LogP contribution < -0.4 is 21.7 Å². The lowest BCUT2D eigenvalue weighted by Gasteiger charge is -2.23. The molecule has 0 fully saturated rings. The molecule has 6 N–H and O–H groups in total. The number of hydrogen-bond donors (Lipinski definition) is 4. The summed E-state index contributed by atoms with van der Waals surface area (Å²) < 4.78 is 0. The van der Waals surface area contributed by atoms with Gasteiger partial charge < -0.3 is 16.8 Å². The Balaban J connectivity index is 1.76. The van der Waals surface area contributed by atoms with Crippen molar-refractivity contribution in [2.75, 3.05) is 11.4 Å². The first-order valence-corrected chi connectivity index (χ1v) is 9.84. The molecule has 0 spiro atoms. The molecular formula is C24H25N5O2. The average molecular weight is 415 g/mol. The summed E-state index contributed by atoms with van der Waals surface area (Å²) in [6.07, 6.45) is 0. The normalized spacial score (nSPS) is 10.4. The van der Waals surface area contributed by atoms with Crippen molar-refractivity contribution < 1.29 is 9.59 Å². The summed E-state index contributed by atoms with van der Waals surface area (Å²) in [6.45, 7) is 0.667. The average Bonchev–Trinajstić information content (AvgIpc) is 2.81. The van der Waals surface area contributed by atoms with Crippen LogP contribution in [0.1, 0.15) is 27.0 Å². The molecule has 0 bridgehead atoms. The van der Waals surface area contributed by atoms with E-state index in [1.165, 1.54) is 4.90 Å². The second kappa shape index (κ2) is 10.2. The number of para-hydroxylation sites is 1. The van der Waals surface area contributed by atoms with Gasteiger partial charge in [0.25, 0.3) is 5.91 Å². The predicted molar refractivity (Wildman–Crippen MR) is 122 cm³/mol. The van der Waals surface area contributed by atoms with Gasteiger partial charge in [0.2, 0.25) is 5.91 Å². The summed E-state index contributed by atoms with van der Waals surface area (Å²) in [4.78, 5) is 27.3. The Bertz CT molecular complexity index is 1060. The van der Waals surface area contributed by atoms with Gasteiger partial charge in [0.1, 0.15) is 12.4 Å². The van der Waals surface area contributed by atoms with Gasteiger partial charge in [0.05, 0.1) is 0 Å². The highest BCUT2D eigenvalue weighted by atomic mass is 16.2. The van der Waals surface area contributed by atoms with Gasteiger partial charge in [-0.15, -0.1) is 0 Å². The van der Waals surface area contributed by atoms with Crippen LogP contribution in [-0.4, -0.2) is 24.2 Å². The third kappa shape index (κ3) is 5.77. The van der Waals surface area contributed by atoms with Crippen LogP contribution in [0.3, 0.4) is 0 Å². The molecule has 0 saturated heterocycles. The number of amides is 2. The van der Waals surface area contributed by atoms with E-state index in [4.69, 9.17) is 16.9 Å². The van der Waals surface area contributed by atoms with E-state index in [2.05, 4.69) is 5.32 Å². The second-order valence-corrected chi connectivity index (χ2v) is 7.02. The Morgan fingerprint density at radius 3 is 2.16 bits per heavy atom. The van der Waals surface area contributed by atoms with E-state index in [1.807, 2.05) is 30.3 Å². The lowest BCUT2D eigenvalue weighted by atomic mass is 10.1. The van der Waals surface area contributed by atoms with Crippen LogP contribution in [0.5, 0.6) is 0 Å². The van der Waals surface area contributed by atoms with Gasteiger partial charge in [-0.3, -0.25) is 19.9 Å². The monoisotopic (exact) mass is 415 g/mol. The van der Waals surface area contributed by atoms with Crippen molar-refractivity contribution in [3.63, 3.8) is 0 Å². The molecule has 0 heterocycles. The number of carbonyl (C=O) groups is 2. The first-order valence-electron chi connectivity index (χ1n) is 9.84. The van der Waals surface area contributed by atoms with Crippen molar-refractivity contribution in [3.05, 3.63) is 101 Å². The third-order valence-electron chi connectivity index (χ3n) is 4.78. The standard InChI is InChI=1S/C24H25N5O2/c25-14-17-9-11-18(12-10-17)15-28-22(30)16-29(21-7-2-1-3-8-21)24(31)20-6-4-5-19(13-20)23(26)27/h1-13H,14-16,25H2,(H3,26,27)(H,28,30). The molecule has 0 atom stereocenters. The Kier molecular flexibility index (Phi) is 7.13. The van der Waals surface area contributed by atoms with E-state index in [0.717, 1.165) is 11.1 Å². The summed E-state index contributed by atoms with van der Waals surface area (Å²) in [6, 6.07) is 23.2. The highest BCUT2D eigenvalue weighted by molar-refractivity contribution is 6.10. The minimum Gasteiger partial charge on any atom is -0.384 e. The lowest BCUT2D eigenvalue weighted by molar-refractivity contribution is -0.119. The second-order valence-electron chi connectivity index (χ2n) is 7.02. The highest BCUT2D eigenvalue weighted by Gasteiger charge is 2.21. The van der Waals surface area contributed by atoms with E-state index in [1.54, 1.807) is 48.5 Å². The van der Waals surface area contributed by atoms with Crippen LogP contribution in [-0.2, 0) is 17.9 Å². The van der Waals surface area contributed by atoms with Gasteiger partial charge in [0, 0.05) is 29.9 Å². The number of benzene rings is 3. The molecule has 31 heavy (non-hydrogen) atoms. The number of rotatable bonds is 8. The number of carbonyl (C=O) groups excluding carboxylic acids is 2. The molecule has 0 aliphatic rings. The maximum Gasteiger partial charge on any atom is 0.258 e. The zero-order chi connectivity index (χ0) is 22.2. The Labute approximate surface area is 181 Å². The van der Waals surface area contributed by atoms with Crippen LogP contribution in [0.25, 0.3) is 0 Å². The molecule has 0 aromatic heterocycles. The number of amidine groups is 1. The number of nitrogens with one attached hydrogen (secondary N) is 2. The highest BCUT2D eigenvalue weighted by Crippen LogP contribution is 2.17. The fraction of sp³-hybridized carbons (Fsp3) is 0.125. The lowest BCUT2D eigenvalue weighted by Crippen LogP contribution is -2.40. The van der Waals surface area contributed by atoms with Crippen LogP contribution in [0.4, 0.5) is 5.69 Å². The van der Waals surface area contributed by atoms with Crippen LogP contribution in [0.2, 0.25) is 0 Å². The number of nitrogens with zero attached hydrogens (tertiary/aromatic N) is 1. The fourth-order valence-corrected chi connectivity index (χ4v) is 3.06. The van der Waals surface area contributed by atoms with E-state index >= 15 is 0 Å². The summed E-state index contributed by atoms with van der Waals surface area (Å²) >= 11 is 0. The first kappa shape index (κ1) is 21.7. The third-order valence-corrected chi connectivity index (χ3v) is 4.78.